The molecule has 0 saturated heterocycles. The van der Waals surface area contributed by atoms with Crippen molar-refractivity contribution in [1.82, 2.24) is 0 Å². The molecule has 2 aliphatic rings. The Labute approximate surface area is 134 Å². The van der Waals surface area contributed by atoms with E-state index in [1.54, 1.807) is 30.3 Å². The van der Waals surface area contributed by atoms with Crippen molar-refractivity contribution in [3.63, 3.8) is 0 Å². The first kappa shape index (κ1) is 14.5. The Morgan fingerprint density at radius 3 is 2.48 bits per heavy atom. The zero-order valence-corrected chi connectivity index (χ0v) is 13.4. The normalized spacial score (nSPS) is 25.4. The lowest BCUT2D eigenvalue weighted by molar-refractivity contribution is 0.174. The molecule has 120 valence electrons. The maximum atomic E-state index is 12.8. The standard InChI is InChI=1S/C17H17NO4S/c1-10-2-5-12(6-3-10)23(19,20)17-15(16(17)18)11-4-7-13-14(8-11)22-9-21-13/h2-8,15-17H,9,18H2,1H3/t15-,16+,17+/m1/s1. The predicted octanol–water partition coefficient (Wildman–Crippen LogP) is 1.99. The van der Waals surface area contributed by atoms with Crippen LogP contribution in [0.25, 0.3) is 0 Å². The third kappa shape index (κ3) is 2.29. The van der Waals surface area contributed by atoms with Gasteiger partial charge in [0.05, 0.1) is 10.1 Å². The first-order chi connectivity index (χ1) is 11.0. The zero-order chi connectivity index (χ0) is 16.2. The predicted molar refractivity (Wildman–Crippen MR) is 85.4 cm³/mol. The van der Waals surface area contributed by atoms with E-state index in [0.717, 1.165) is 11.1 Å². The number of nitrogens with two attached hydrogens (primary N) is 1. The van der Waals surface area contributed by atoms with Gasteiger partial charge in [0.2, 0.25) is 6.79 Å². The van der Waals surface area contributed by atoms with Gasteiger partial charge in [0.25, 0.3) is 0 Å². The number of ether oxygens (including phenoxy) is 2. The summed E-state index contributed by atoms with van der Waals surface area (Å²) in [6, 6.07) is 12.0. The van der Waals surface area contributed by atoms with E-state index in [0.29, 0.717) is 16.4 Å². The van der Waals surface area contributed by atoms with E-state index in [-0.39, 0.29) is 12.7 Å². The molecule has 0 spiro atoms. The van der Waals surface area contributed by atoms with Crippen LogP contribution >= 0.6 is 0 Å². The van der Waals surface area contributed by atoms with Crippen molar-refractivity contribution in [1.29, 1.82) is 0 Å². The number of hydrogen-bond donors (Lipinski definition) is 1. The molecule has 1 fully saturated rings. The number of fused-ring (bicyclic) bond motifs is 1. The van der Waals surface area contributed by atoms with E-state index in [2.05, 4.69) is 0 Å². The molecule has 23 heavy (non-hydrogen) atoms. The topological polar surface area (TPSA) is 78.6 Å². The fraction of sp³-hybridized carbons (Fsp3) is 0.294. The Bertz CT molecular complexity index is 861. The number of benzene rings is 2. The molecule has 2 N–H and O–H groups in total. The molecule has 6 heteroatoms. The Hall–Kier alpha value is -2.05. The van der Waals surface area contributed by atoms with Crippen LogP contribution in [0, 0.1) is 6.92 Å². The molecular weight excluding hydrogens is 314 g/mol. The van der Waals surface area contributed by atoms with Crippen LogP contribution < -0.4 is 15.2 Å². The molecule has 0 unspecified atom stereocenters. The first-order valence-corrected chi connectivity index (χ1v) is 8.99. The maximum absolute atomic E-state index is 12.8. The molecule has 3 atom stereocenters. The number of aryl methyl sites for hydroxylation is 1. The summed E-state index contributed by atoms with van der Waals surface area (Å²) >= 11 is 0. The minimum atomic E-state index is -3.44. The average Bonchev–Trinajstić information content (AvgIpc) is 3.01. The van der Waals surface area contributed by atoms with Crippen LogP contribution in [-0.2, 0) is 9.84 Å². The summed E-state index contributed by atoms with van der Waals surface area (Å²) in [7, 11) is -3.44. The molecule has 2 aromatic rings. The van der Waals surface area contributed by atoms with Crippen LogP contribution in [0.5, 0.6) is 11.5 Å². The Morgan fingerprint density at radius 2 is 1.74 bits per heavy atom. The monoisotopic (exact) mass is 331 g/mol. The van der Waals surface area contributed by atoms with E-state index >= 15 is 0 Å². The summed E-state index contributed by atoms with van der Waals surface area (Å²) in [6.45, 7) is 2.12. The zero-order valence-electron chi connectivity index (χ0n) is 12.6. The maximum Gasteiger partial charge on any atom is 0.231 e. The lowest BCUT2D eigenvalue weighted by atomic mass is 10.1. The Morgan fingerprint density at radius 1 is 1.04 bits per heavy atom. The highest BCUT2D eigenvalue weighted by atomic mass is 32.2. The highest BCUT2D eigenvalue weighted by molar-refractivity contribution is 7.92. The van der Waals surface area contributed by atoms with Gasteiger partial charge in [0.1, 0.15) is 0 Å². The van der Waals surface area contributed by atoms with Crippen LogP contribution in [0.1, 0.15) is 17.0 Å². The van der Waals surface area contributed by atoms with E-state index in [4.69, 9.17) is 15.2 Å². The molecule has 0 radical (unpaired) electrons. The fourth-order valence-corrected chi connectivity index (χ4v) is 5.17. The quantitative estimate of drug-likeness (QED) is 0.930. The molecule has 0 amide bonds. The van der Waals surface area contributed by atoms with Gasteiger partial charge in [-0.1, -0.05) is 23.8 Å². The van der Waals surface area contributed by atoms with Crippen LogP contribution in [0.3, 0.4) is 0 Å². The van der Waals surface area contributed by atoms with Gasteiger partial charge in [-0.2, -0.15) is 0 Å². The lowest BCUT2D eigenvalue weighted by Gasteiger charge is -2.05. The molecule has 4 rings (SSSR count). The van der Waals surface area contributed by atoms with Gasteiger partial charge in [-0.25, -0.2) is 8.42 Å². The minimum Gasteiger partial charge on any atom is -0.454 e. The number of hydrogen-bond acceptors (Lipinski definition) is 5. The third-order valence-electron chi connectivity index (χ3n) is 4.50. The largest absolute Gasteiger partial charge is 0.454 e. The molecule has 5 nitrogen and oxygen atoms in total. The fourth-order valence-electron chi connectivity index (χ4n) is 3.12. The highest BCUT2D eigenvalue weighted by Crippen LogP contribution is 2.49. The summed E-state index contributed by atoms with van der Waals surface area (Å²) in [5, 5.41) is -0.592. The Kier molecular flexibility index (Phi) is 3.14. The first-order valence-electron chi connectivity index (χ1n) is 7.44. The average molecular weight is 331 g/mol. The van der Waals surface area contributed by atoms with Crippen LogP contribution in [0.2, 0.25) is 0 Å². The molecule has 1 heterocycles. The van der Waals surface area contributed by atoms with Crippen LogP contribution in [0.4, 0.5) is 0 Å². The van der Waals surface area contributed by atoms with Gasteiger partial charge in [-0.3, -0.25) is 0 Å². The van der Waals surface area contributed by atoms with Crippen molar-refractivity contribution in [3.05, 3.63) is 53.6 Å². The Balaban J connectivity index is 1.65. The van der Waals surface area contributed by atoms with Crippen molar-refractivity contribution < 1.29 is 17.9 Å². The van der Waals surface area contributed by atoms with E-state index < -0.39 is 21.1 Å². The van der Waals surface area contributed by atoms with Crippen molar-refractivity contribution in [2.75, 3.05) is 6.79 Å². The second-order valence-corrected chi connectivity index (χ2v) is 8.14. The third-order valence-corrected chi connectivity index (χ3v) is 6.75. The molecule has 1 aliphatic heterocycles. The summed E-state index contributed by atoms with van der Waals surface area (Å²) in [5.74, 6) is 1.12. The van der Waals surface area contributed by atoms with Gasteiger partial charge in [-0.15, -0.1) is 0 Å². The van der Waals surface area contributed by atoms with Gasteiger partial charge in [0, 0.05) is 12.0 Å². The molecular formula is C17H17NO4S. The van der Waals surface area contributed by atoms with Gasteiger partial charge in [-0.05, 0) is 36.8 Å². The van der Waals surface area contributed by atoms with Gasteiger partial charge < -0.3 is 15.2 Å². The summed E-state index contributed by atoms with van der Waals surface area (Å²) in [4.78, 5) is 0.326. The second-order valence-electron chi connectivity index (χ2n) is 6.04. The minimum absolute atomic E-state index is 0.195. The molecule has 0 aromatic heterocycles. The highest BCUT2D eigenvalue weighted by Gasteiger charge is 2.57. The smallest absolute Gasteiger partial charge is 0.231 e. The molecule has 1 saturated carbocycles. The summed E-state index contributed by atoms with van der Waals surface area (Å²) in [5.41, 5.74) is 7.99. The van der Waals surface area contributed by atoms with Crippen molar-refractivity contribution in [3.8, 4) is 11.5 Å². The second kappa shape index (κ2) is 4.97. The summed E-state index contributed by atoms with van der Waals surface area (Å²) in [6.07, 6.45) is 0. The van der Waals surface area contributed by atoms with Gasteiger partial charge in [0.15, 0.2) is 21.3 Å². The summed E-state index contributed by atoms with van der Waals surface area (Å²) < 4.78 is 36.2. The number of rotatable bonds is 3. The van der Waals surface area contributed by atoms with Crippen LogP contribution in [0.15, 0.2) is 47.4 Å². The van der Waals surface area contributed by atoms with E-state index in [1.807, 2.05) is 19.1 Å². The number of sulfone groups is 1. The van der Waals surface area contributed by atoms with Gasteiger partial charge >= 0.3 is 0 Å². The molecule has 0 bridgehead atoms. The molecule has 2 aromatic carbocycles. The van der Waals surface area contributed by atoms with Crippen molar-refractivity contribution >= 4 is 9.84 Å². The van der Waals surface area contributed by atoms with Crippen molar-refractivity contribution in [2.24, 2.45) is 5.73 Å². The van der Waals surface area contributed by atoms with E-state index in [1.165, 1.54) is 0 Å². The lowest BCUT2D eigenvalue weighted by Crippen LogP contribution is -2.15. The molecule has 1 aliphatic carbocycles. The SMILES string of the molecule is Cc1ccc(S(=O)(=O)[C@@H]2[C@@H](N)[C@H]2c2ccc3c(c2)OCO3)cc1. The van der Waals surface area contributed by atoms with Crippen molar-refractivity contribution in [2.45, 2.75) is 29.0 Å². The van der Waals surface area contributed by atoms with Crippen LogP contribution in [-0.4, -0.2) is 26.5 Å². The van der Waals surface area contributed by atoms with E-state index in [9.17, 15) is 8.42 Å².